The molecule has 0 fully saturated rings. The van der Waals surface area contributed by atoms with Crippen molar-refractivity contribution >= 4 is 39.1 Å². The number of nitrogens with zero attached hydrogens (tertiary/aromatic N) is 2. The van der Waals surface area contributed by atoms with Gasteiger partial charge in [0.05, 0.1) is 10.6 Å². The number of anilines is 1. The molecule has 3 rings (SSSR count). The van der Waals surface area contributed by atoms with Gasteiger partial charge >= 0.3 is 0 Å². The van der Waals surface area contributed by atoms with Crippen LogP contribution in [0.5, 0.6) is 0 Å². The molecule has 38 heavy (non-hydrogen) atoms. The first kappa shape index (κ1) is 29.1. The smallest absolute Gasteiger partial charge is 0.264 e. The molecular weight excluding hydrogens is 529 g/mol. The van der Waals surface area contributed by atoms with Crippen LogP contribution >= 0.6 is 11.6 Å². The highest BCUT2D eigenvalue weighted by Crippen LogP contribution is 2.27. The van der Waals surface area contributed by atoms with Gasteiger partial charge in [-0.05, 0) is 56.7 Å². The second-order valence-corrected chi connectivity index (χ2v) is 11.2. The number of halogens is 2. The molecule has 3 aromatic rings. The minimum absolute atomic E-state index is 0.00901. The van der Waals surface area contributed by atoms with E-state index >= 15 is 0 Å². The molecule has 10 heteroatoms. The second kappa shape index (κ2) is 12.9. The molecule has 0 aromatic heterocycles. The van der Waals surface area contributed by atoms with Crippen LogP contribution in [-0.4, -0.2) is 44.3 Å². The van der Waals surface area contributed by atoms with Crippen molar-refractivity contribution in [3.63, 3.8) is 0 Å². The lowest BCUT2D eigenvalue weighted by molar-refractivity contribution is -0.139. The Morgan fingerprint density at radius 3 is 2.34 bits per heavy atom. The van der Waals surface area contributed by atoms with Crippen molar-refractivity contribution < 1.29 is 22.4 Å². The monoisotopic (exact) mass is 559 g/mol. The van der Waals surface area contributed by atoms with Gasteiger partial charge in [0.15, 0.2) is 0 Å². The van der Waals surface area contributed by atoms with E-state index in [2.05, 4.69) is 5.32 Å². The normalized spacial score (nSPS) is 12.0. The molecule has 202 valence electrons. The van der Waals surface area contributed by atoms with Crippen molar-refractivity contribution in [1.82, 2.24) is 10.2 Å². The largest absolute Gasteiger partial charge is 0.354 e. The third kappa shape index (κ3) is 7.11. The fourth-order valence-electron chi connectivity index (χ4n) is 3.79. The summed E-state index contributed by atoms with van der Waals surface area (Å²) in [5, 5.41) is 3.03. The number of amides is 2. The average molecular weight is 560 g/mol. The van der Waals surface area contributed by atoms with Gasteiger partial charge in [-0.2, -0.15) is 0 Å². The summed E-state index contributed by atoms with van der Waals surface area (Å²) in [6.45, 7) is 4.81. The number of rotatable bonds is 11. The number of sulfonamides is 1. The molecule has 0 radical (unpaired) electrons. The Balaban J connectivity index is 2.03. The molecule has 7 nitrogen and oxygen atoms in total. The van der Waals surface area contributed by atoms with E-state index in [-0.39, 0.29) is 27.7 Å². The van der Waals surface area contributed by atoms with Gasteiger partial charge < -0.3 is 10.2 Å². The summed E-state index contributed by atoms with van der Waals surface area (Å²) in [5.74, 6) is -1.64. The SMILES string of the molecule is CCCNC(=O)C(C)N(Cc1ccccc1F)C(=O)CN(c1cccc(Cl)c1)S(=O)(=O)c1ccc(C)cc1. The van der Waals surface area contributed by atoms with Gasteiger partial charge in [0, 0.05) is 23.7 Å². The number of nitrogens with one attached hydrogen (secondary N) is 1. The first-order chi connectivity index (χ1) is 18.0. The van der Waals surface area contributed by atoms with Crippen LogP contribution in [0, 0.1) is 12.7 Å². The van der Waals surface area contributed by atoms with Gasteiger partial charge in [0.2, 0.25) is 11.8 Å². The Morgan fingerprint density at radius 1 is 1.03 bits per heavy atom. The second-order valence-electron chi connectivity index (χ2n) is 8.88. The molecular formula is C28H31ClFN3O4S. The van der Waals surface area contributed by atoms with E-state index in [0.717, 1.165) is 9.87 Å². The molecule has 0 aliphatic carbocycles. The molecule has 0 saturated carbocycles. The van der Waals surface area contributed by atoms with Gasteiger partial charge in [-0.25, -0.2) is 12.8 Å². The zero-order valence-electron chi connectivity index (χ0n) is 21.5. The summed E-state index contributed by atoms with van der Waals surface area (Å²) >= 11 is 6.16. The molecule has 1 unspecified atom stereocenters. The highest BCUT2D eigenvalue weighted by atomic mass is 35.5. The predicted octanol–water partition coefficient (Wildman–Crippen LogP) is 4.93. The van der Waals surface area contributed by atoms with Gasteiger partial charge in [0.1, 0.15) is 18.4 Å². The summed E-state index contributed by atoms with van der Waals surface area (Å²) in [6, 6.07) is 17.3. The lowest BCUT2D eigenvalue weighted by Crippen LogP contribution is -2.51. The van der Waals surface area contributed by atoms with Gasteiger partial charge in [-0.15, -0.1) is 0 Å². The van der Waals surface area contributed by atoms with Crippen LogP contribution in [-0.2, 0) is 26.2 Å². The van der Waals surface area contributed by atoms with Crippen LogP contribution in [0.2, 0.25) is 5.02 Å². The minimum atomic E-state index is -4.20. The van der Waals surface area contributed by atoms with Gasteiger partial charge in [-0.1, -0.05) is 60.5 Å². The first-order valence-electron chi connectivity index (χ1n) is 12.2. The molecule has 0 aliphatic rings. The van der Waals surface area contributed by atoms with Gasteiger partial charge in [-0.3, -0.25) is 13.9 Å². The number of aryl methyl sites for hydroxylation is 1. The molecule has 2 amide bonds. The van der Waals surface area contributed by atoms with E-state index in [4.69, 9.17) is 11.6 Å². The Bertz CT molecular complexity index is 1380. The van der Waals surface area contributed by atoms with Crippen LogP contribution in [0.4, 0.5) is 10.1 Å². The molecule has 0 saturated heterocycles. The van der Waals surface area contributed by atoms with Crippen LogP contribution in [0.25, 0.3) is 0 Å². The van der Waals surface area contributed by atoms with Crippen molar-refractivity contribution in [3.05, 3.63) is 94.8 Å². The summed E-state index contributed by atoms with van der Waals surface area (Å²) in [4.78, 5) is 27.8. The summed E-state index contributed by atoms with van der Waals surface area (Å²) < 4.78 is 43.0. The van der Waals surface area contributed by atoms with Crippen molar-refractivity contribution in [2.75, 3.05) is 17.4 Å². The zero-order chi connectivity index (χ0) is 27.9. The number of hydrogen-bond acceptors (Lipinski definition) is 4. The van der Waals surface area contributed by atoms with Crippen LogP contribution < -0.4 is 9.62 Å². The molecule has 3 aromatic carbocycles. The van der Waals surface area contributed by atoms with Crippen molar-refractivity contribution in [1.29, 1.82) is 0 Å². The Labute approximate surface area is 228 Å². The van der Waals surface area contributed by atoms with E-state index in [9.17, 15) is 22.4 Å². The topological polar surface area (TPSA) is 86.8 Å². The fourth-order valence-corrected chi connectivity index (χ4v) is 5.38. The maximum atomic E-state index is 14.5. The third-order valence-electron chi connectivity index (χ3n) is 6.00. The van der Waals surface area contributed by atoms with E-state index in [1.807, 2.05) is 13.8 Å². The quantitative estimate of drug-likeness (QED) is 0.361. The maximum Gasteiger partial charge on any atom is 0.264 e. The number of hydrogen-bond donors (Lipinski definition) is 1. The van der Waals surface area contributed by atoms with Crippen molar-refractivity contribution in [2.45, 2.75) is 44.7 Å². The summed E-state index contributed by atoms with van der Waals surface area (Å²) in [6.07, 6.45) is 0.692. The number of benzene rings is 3. The van der Waals surface area contributed by atoms with Crippen LogP contribution in [0.1, 0.15) is 31.4 Å². The third-order valence-corrected chi connectivity index (χ3v) is 8.02. The predicted molar refractivity (Wildman–Crippen MR) is 147 cm³/mol. The molecule has 0 aliphatic heterocycles. The van der Waals surface area contributed by atoms with E-state index < -0.39 is 40.2 Å². The molecule has 1 atom stereocenters. The lowest BCUT2D eigenvalue weighted by Gasteiger charge is -2.32. The zero-order valence-corrected chi connectivity index (χ0v) is 23.1. The first-order valence-corrected chi connectivity index (χ1v) is 14.0. The summed E-state index contributed by atoms with van der Waals surface area (Å²) in [7, 11) is -4.20. The Kier molecular flexibility index (Phi) is 9.88. The molecule has 1 N–H and O–H groups in total. The molecule has 0 bridgehead atoms. The fraction of sp³-hybridized carbons (Fsp3) is 0.286. The number of carbonyl (C=O) groups is 2. The molecule has 0 heterocycles. The van der Waals surface area contributed by atoms with Crippen LogP contribution in [0.3, 0.4) is 0 Å². The minimum Gasteiger partial charge on any atom is -0.354 e. The van der Waals surface area contributed by atoms with E-state index in [0.29, 0.717) is 13.0 Å². The number of carbonyl (C=O) groups excluding carboxylic acids is 2. The Morgan fingerprint density at radius 2 is 1.71 bits per heavy atom. The highest BCUT2D eigenvalue weighted by Gasteiger charge is 2.32. The Hall–Kier alpha value is -3.43. The van der Waals surface area contributed by atoms with Crippen molar-refractivity contribution in [3.8, 4) is 0 Å². The van der Waals surface area contributed by atoms with E-state index in [1.165, 1.54) is 54.3 Å². The highest BCUT2D eigenvalue weighted by molar-refractivity contribution is 7.92. The average Bonchev–Trinajstić information content (AvgIpc) is 2.89. The van der Waals surface area contributed by atoms with Gasteiger partial charge in [0.25, 0.3) is 10.0 Å². The summed E-state index contributed by atoms with van der Waals surface area (Å²) in [5.41, 5.74) is 1.25. The standard InChI is InChI=1S/C28H31ClFN3O4S/c1-4-16-31-28(35)21(3)32(18-22-8-5-6-11-26(22)30)27(34)19-33(24-10-7-9-23(29)17-24)38(36,37)25-14-12-20(2)13-15-25/h5-15,17,21H,4,16,18-19H2,1-3H3,(H,31,35). The van der Waals surface area contributed by atoms with Crippen LogP contribution in [0.15, 0.2) is 77.7 Å². The maximum absolute atomic E-state index is 14.5. The van der Waals surface area contributed by atoms with E-state index in [1.54, 1.807) is 30.3 Å². The molecule has 0 spiro atoms. The van der Waals surface area contributed by atoms with Crippen molar-refractivity contribution in [2.24, 2.45) is 0 Å². The lowest BCUT2D eigenvalue weighted by atomic mass is 10.1.